The number of rotatable bonds is 3. The largest absolute Gasteiger partial charge is 0.378 e. The summed E-state index contributed by atoms with van der Waals surface area (Å²) in [6, 6.07) is 9.90. The Hall–Kier alpha value is -2.40. The lowest BCUT2D eigenvalue weighted by Gasteiger charge is -2.03. The van der Waals surface area contributed by atoms with Crippen LogP contribution in [0.4, 0.5) is 0 Å². The average Bonchev–Trinajstić information content (AvgIpc) is 2.84. The van der Waals surface area contributed by atoms with Crippen LogP contribution in [0.1, 0.15) is 17.0 Å². The predicted molar refractivity (Wildman–Crippen MR) is 81.4 cm³/mol. The molecule has 5 nitrogen and oxygen atoms in total. The average molecular weight is 283 g/mol. The number of nitrogens with one attached hydrogen (secondary N) is 1. The van der Waals surface area contributed by atoms with Crippen LogP contribution in [0, 0.1) is 13.8 Å². The fourth-order valence-corrected chi connectivity index (χ4v) is 2.47. The molecule has 2 aromatic heterocycles. The van der Waals surface area contributed by atoms with Gasteiger partial charge in [0.2, 0.25) is 0 Å². The van der Waals surface area contributed by atoms with Gasteiger partial charge in [-0.15, -0.1) is 0 Å². The van der Waals surface area contributed by atoms with E-state index in [0.717, 1.165) is 22.5 Å². The Morgan fingerprint density at radius 3 is 2.62 bits per heavy atom. The Morgan fingerprint density at radius 1 is 1.24 bits per heavy atom. The second-order valence-corrected chi connectivity index (χ2v) is 5.05. The summed E-state index contributed by atoms with van der Waals surface area (Å²) >= 11 is 0. The second-order valence-electron chi connectivity index (χ2n) is 5.05. The van der Waals surface area contributed by atoms with Gasteiger partial charge in [0, 0.05) is 23.9 Å². The molecular formula is C16H17N3O2. The van der Waals surface area contributed by atoms with Gasteiger partial charge in [0.25, 0.3) is 5.56 Å². The maximum Gasteiger partial charge on any atom is 0.275 e. The molecule has 1 N–H and O–H groups in total. The molecule has 3 aromatic rings. The van der Waals surface area contributed by atoms with Crippen LogP contribution >= 0.6 is 0 Å². The van der Waals surface area contributed by atoms with E-state index in [1.54, 1.807) is 14.0 Å². The maximum absolute atomic E-state index is 12.4. The van der Waals surface area contributed by atoms with Crippen molar-refractivity contribution in [3.05, 3.63) is 57.6 Å². The fraction of sp³-hybridized carbons (Fsp3) is 0.250. The number of hydrogen-bond acceptors (Lipinski definition) is 3. The van der Waals surface area contributed by atoms with Crippen molar-refractivity contribution in [2.45, 2.75) is 20.5 Å². The minimum absolute atomic E-state index is 0.0722. The zero-order valence-corrected chi connectivity index (χ0v) is 12.3. The van der Waals surface area contributed by atoms with Gasteiger partial charge in [0.1, 0.15) is 0 Å². The lowest BCUT2D eigenvalue weighted by Crippen LogP contribution is -2.19. The van der Waals surface area contributed by atoms with Gasteiger partial charge in [0.15, 0.2) is 5.65 Å². The predicted octanol–water partition coefficient (Wildman–Crippen LogP) is 2.45. The summed E-state index contributed by atoms with van der Waals surface area (Å²) in [7, 11) is 1.63. The molecule has 0 spiro atoms. The van der Waals surface area contributed by atoms with Gasteiger partial charge in [-0.2, -0.15) is 0 Å². The number of fused-ring (bicyclic) bond motifs is 1. The van der Waals surface area contributed by atoms with Crippen LogP contribution in [0.2, 0.25) is 0 Å². The Kier molecular flexibility index (Phi) is 3.35. The molecule has 0 saturated heterocycles. The quantitative estimate of drug-likeness (QED) is 0.803. The fourth-order valence-electron chi connectivity index (χ4n) is 2.47. The van der Waals surface area contributed by atoms with Crippen LogP contribution < -0.4 is 5.56 Å². The minimum atomic E-state index is -0.0722. The van der Waals surface area contributed by atoms with Crippen molar-refractivity contribution >= 4 is 5.65 Å². The lowest BCUT2D eigenvalue weighted by molar-refractivity contribution is 0.181. The summed E-state index contributed by atoms with van der Waals surface area (Å²) in [6.45, 7) is 4.04. The normalized spacial score (nSPS) is 11.2. The van der Waals surface area contributed by atoms with Gasteiger partial charge < -0.3 is 4.74 Å². The molecule has 0 bridgehead atoms. The highest BCUT2D eigenvalue weighted by molar-refractivity contribution is 5.80. The number of aromatic amines is 1. The first-order chi connectivity index (χ1) is 10.1. The Bertz CT molecular complexity index is 847. The molecule has 1 aromatic carbocycles. The maximum atomic E-state index is 12.4. The first kappa shape index (κ1) is 13.6. The van der Waals surface area contributed by atoms with Crippen LogP contribution in [-0.4, -0.2) is 21.7 Å². The molecule has 3 rings (SSSR count). The molecular weight excluding hydrogens is 266 g/mol. The number of hydrogen-bond donors (Lipinski definition) is 1. The van der Waals surface area contributed by atoms with Crippen molar-refractivity contribution < 1.29 is 4.74 Å². The van der Waals surface area contributed by atoms with Gasteiger partial charge >= 0.3 is 0 Å². The van der Waals surface area contributed by atoms with Gasteiger partial charge in [0.05, 0.1) is 12.3 Å². The van der Waals surface area contributed by atoms with Crippen LogP contribution in [0.3, 0.4) is 0 Å². The Labute approximate surface area is 122 Å². The number of ether oxygens (including phenoxy) is 1. The number of aryl methyl sites for hydroxylation is 1. The number of benzene rings is 1. The van der Waals surface area contributed by atoms with Gasteiger partial charge in [-0.3, -0.25) is 9.89 Å². The van der Waals surface area contributed by atoms with Gasteiger partial charge in [-0.05, 0) is 19.4 Å². The number of H-pyrrole nitrogens is 1. The van der Waals surface area contributed by atoms with E-state index in [2.05, 4.69) is 10.1 Å². The Balaban J connectivity index is 2.40. The SMILES string of the molecule is COCc1[nH]n2c(=O)c(C)c(C)nc2c1-c1ccccc1. The molecule has 0 saturated carbocycles. The van der Waals surface area contributed by atoms with Gasteiger partial charge in [-0.25, -0.2) is 9.50 Å². The second kappa shape index (κ2) is 5.18. The van der Waals surface area contributed by atoms with E-state index in [1.165, 1.54) is 4.52 Å². The van der Waals surface area contributed by atoms with E-state index in [9.17, 15) is 4.79 Å². The summed E-state index contributed by atoms with van der Waals surface area (Å²) in [4.78, 5) is 17.0. The van der Waals surface area contributed by atoms with Crippen LogP contribution in [0.15, 0.2) is 35.1 Å². The van der Waals surface area contributed by atoms with E-state index < -0.39 is 0 Å². The molecule has 0 radical (unpaired) electrons. The first-order valence-electron chi connectivity index (χ1n) is 6.78. The van der Waals surface area contributed by atoms with E-state index in [0.29, 0.717) is 17.8 Å². The van der Waals surface area contributed by atoms with Crippen molar-refractivity contribution in [1.29, 1.82) is 0 Å². The molecule has 5 heteroatoms. The number of nitrogens with zero attached hydrogens (tertiary/aromatic N) is 2. The third-order valence-corrected chi connectivity index (χ3v) is 3.68. The van der Waals surface area contributed by atoms with Crippen molar-refractivity contribution in [2.75, 3.05) is 7.11 Å². The lowest BCUT2D eigenvalue weighted by atomic mass is 10.1. The smallest absolute Gasteiger partial charge is 0.275 e. The van der Waals surface area contributed by atoms with Crippen LogP contribution in [0.5, 0.6) is 0 Å². The van der Waals surface area contributed by atoms with E-state index in [-0.39, 0.29) is 5.56 Å². The molecule has 0 fully saturated rings. The molecule has 0 atom stereocenters. The molecule has 0 aliphatic rings. The summed E-state index contributed by atoms with van der Waals surface area (Å²) < 4.78 is 6.74. The summed E-state index contributed by atoms with van der Waals surface area (Å²) in [6.07, 6.45) is 0. The Morgan fingerprint density at radius 2 is 1.95 bits per heavy atom. The molecule has 0 aliphatic carbocycles. The molecule has 0 amide bonds. The van der Waals surface area contributed by atoms with E-state index in [4.69, 9.17) is 4.74 Å². The van der Waals surface area contributed by atoms with Crippen molar-refractivity contribution in [3.8, 4) is 11.1 Å². The molecule has 0 unspecified atom stereocenters. The minimum Gasteiger partial charge on any atom is -0.378 e. The summed E-state index contributed by atoms with van der Waals surface area (Å²) in [5.74, 6) is 0. The molecule has 0 aliphatic heterocycles. The standard InChI is InChI=1S/C16H17N3O2/c1-10-11(2)17-15-14(12-7-5-4-6-8-12)13(9-21-3)18-19(15)16(10)20/h4-8,18H,9H2,1-3H3. The highest BCUT2D eigenvalue weighted by Gasteiger charge is 2.17. The monoisotopic (exact) mass is 283 g/mol. The van der Waals surface area contributed by atoms with Crippen molar-refractivity contribution in [1.82, 2.24) is 14.6 Å². The zero-order valence-electron chi connectivity index (χ0n) is 12.3. The zero-order chi connectivity index (χ0) is 15.0. The van der Waals surface area contributed by atoms with Crippen molar-refractivity contribution in [2.24, 2.45) is 0 Å². The molecule has 2 heterocycles. The highest BCUT2D eigenvalue weighted by Crippen LogP contribution is 2.27. The topological polar surface area (TPSA) is 59.4 Å². The first-order valence-corrected chi connectivity index (χ1v) is 6.78. The number of methoxy groups -OCH3 is 1. The number of aromatic nitrogens is 3. The van der Waals surface area contributed by atoms with Crippen LogP contribution in [-0.2, 0) is 11.3 Å². The third kappa shape index (κ3) is 2.15. The highest BCUT2D eigenvalue weighted by atomic mass is 16.5. The molecule has 108 valence electrons. The summed E-state index contributed by atoms with van der Waals surface area (Å²) in [5, 5.41) is 3.12. The van der Waals surface area contributed by atoms with Crippen LogP contribution in [0.25, 0.3) is 16.8 Å². The molecule has 21 heavy (non-hydrogen) atoms. The van der Waals surface area contributed by atoms with Gasteiger partial charge in [-0.1, -0.05) is 30.3 Å². The summed E-state index contributed by atoms with van der Waals surface area (Å²) in [5.41, 5.74) is 4.74. The van der Waals surface area contributed by atoms with E-state index in [1.807, 2.05) is 37.3 Å². The van der Waals surface area contributed by atoms with Crippen molar-refractivity contribution in [3.63, 3.8) is 0 Å². The third-order valence-electron chi connectivity index (χ3n) is 3.68. The van der Waals surface area contributed by atoms with E-state index >= 15 is 0 Å².